The van der Waals surface area contributed by atoms with Gasteiger partial charge in [-0.15, -0.1) is 0 Å². The number of fused-ring (bicyclic) bond motifs is 1. The second-order valence-corrected chi connectivity index (χ2v) is 5.79. The van der Waals surface area contributed by atoms with Crippen molar-refractivity contribution in [2.24, 2.45) is 0 Å². The molecule has 2 aromatic carbocycles. The van der Waals surface area contributed by atoms with Crippen molar-refractivity contribution in [3.8, 4) is 11.5 Å². The van der Waals surface area contributed by atoms with Crippen LogP contribution < -0.4 is 9.47 Å². The van der Waals surface area contributed by atoms with Crippen LogP contribution in [-0.2, 0) is 0 Å². The predicted octanol–water partition coefficient (Wildman–Crippen LogP) is 4.15. The lowest BCUT2D eigenvalue weighted by Crippen LogP contribution is -2.19. The van der Waals surface area contributed by atoms with Gasteiger partial charge < -0.3 is 14.6 Å². The highest BCUT2D eigenvalue weighted by Gasteiger charge is 2.28. The van der Waals surface area contributed by atoms with Gasteiger partial charge in [0.05, 0.1) is 17.7 Å². The molecule has 1 unspecified atom stereocenters. The maximum absolute atomic E-state index is 13.3. The molecule has 3 rings (SSSR count). The molecular formula is C16H14BrFO3. The molecule has 0 aliphatic carbocycles. The van der Waals surface area contributed by atoms with E-state index in [-0.39, 0.29) is 11.9 Å². The second kappa shape index (κ2) is 5.66. The summed E-state index contributed by atoms with van der Waals surface area (Å²) in [5, 5.41) is 10.2. The quantitative estimate of drug-likeness (QED) is 0.882. The molecule has 2 aromatic rings. The maximum atomic E-state index is 13.3. The van der Waals surface area contributed by atoms with Crippen molar-refractivity contribution in [3.05, 3.63) is 57.8 Å². The first-order chi connectivity index (χ1) is 10.1. The number of aliphatic hydroxyl groups excluding tert-OH is 1. The fourth-order valence-electron chi connectivity index (χ4n) is 2.50. The van der Waals surface area contributed by atoms with E-state index in [2.05, 4.69) is 15.9 Å². The molecule has 1 heterocycles. The van der Waals surface area contributed by atoms with Crippen LogP contribution in [0.3, 0.4) is 0 Å². The van der Waals surface area contributed by atoms with Gasteiger partial charge in [-0.2, -0.15) is 0 Å². The van der Waals surface area contributed by atoms with Crippen molar-refractivity contribution < 1.29 is 19.0 Å². The Morgan fingerprint density at radius 2 is 2.10 bits per heavy atom. The molecular weight excluding hydrogens is 339 g/mol. The fraction of sp³-hybridized carbons (Fsp3) is 0.250. The van der Waals surface area contributed by atoms with E-state index in [1.165, 1.54) is 12.1 Å². The third-order valence-corrected chi connectivity index (χ3v) is 4.21. The zero-order valence-electron chi connectivity index (χ0n) is 11.3. The highest BCUT2D eigenvalue weighted by molar-refractivity contribution is 9.10. The van der Waals surface area contributed by atoms with Crippen LogP contribution in [0.5, 0.6) is 11.5 Å². The number of ether oxygens (including phenoxy) is 2. The molecule has 0 saturated carbocycles. The minimum atomic E-state index is -0.666. The van der Waals surface area contributed by atoms with Crippen molar-refractivity contribution in [2.45, 2.75) is 18.6 Å². The second-order valence-electron chi connectivity index (χ2n) is 4.93. The average molecular weight is 353 g/mol. The summed E-state index contributed by atoms with van der Waals surface area (Å²) in [4.78, 5) is 0. The summed E-state index contributed by atoms with van der Waals surface area (Å²) < 4.78 is 25.2. The van der Waals surface area contributed by atoms with Gasteiger partial charge in [-0.1, -0.05) is 6.07 Å². The first-order valence-corrected chi connectivity index (χ1v) is 7.35. The summed E-state index contributed by atoms with van der Waals surface area (Å²) in [5.41, 5.74) is 1.52. The number of hydrogen-bond donors (Lipinski definition) is 1. The van der Waals surface area contributed by atoms with Crippen LogP contribution in [0, 0.1) is 5.82 Å². The van der Waals surface area contributed by atoms with Gasteiger partial charge in [-0.25, -0.2) is 4.39 Å². The van der Waals surface area contributed by atoms with Crippen LogP contribution in [-0.4, -0.2) is 12.2 Å². The Morgan fingerprint density at radius 3 is 2.81 bits per heavy atom. The van der Waals surface area contributed by atoms with Gasteiger partial charge >= 0.3 is 0 Å². The number of aliphatic hydroxyl groups is 1. The Morgan fingerprint density at radius 1 is 1.29 bits per heavy atom. The molecule has 0 aromatic heterocycles. The Bertz CT molecular complexity index is 675. The lowest BCUT2D eigenvalue weighted by atomic mass is 9.95. The minimum Gasteiger partial charge on any atom is -0.496 e. The van der Waals surface area contributed by atoms with Crippen molar-refractivity contribution in [3.63, 3.8) is 0 Å². The van der Waals surface area contributed by atoms with Crippen LogP contribution in [0.15, 0.2) is 40.9 Å². The zero-order chi connectivity index (χ0) is 15.0. The van der Waals surface area contributed by atoms with Gasteiger partial charge in [-0.05, 0) is 45.8 Å². The predicted molar refractivity (Wildman–Crippen MR) is 80.0 cm³/mol. The third kappa shape index (κ3) is 2.76. The molecule has 3 nitrogen and oxygen atoms in total. The number of rotatable bonds is 2. The molecule has 1 N–H and O–H groups in total. The molecule has 110 valence electrons. The Kier molecular flexibility index (Phi) is 3.87. The van der Waals surface area contributed by atoms with E-state index in [1.807, 2.05) is 18.2 Å². The van der Waals surface area contributed by atoms with E-state index in [1.54, 1.807) is 13.2 Å². The monoisotopic (exact) mass is 352 g/mol. The standard InChI is InChI=1S/C16H14BrFO3/c1-20-14-5-2-9(6-12(14)17)15-8-13(19)11-4-3-10(18)7-16(11)21-15/h2-7,13,15,19H,8H2,1H3/t13-,15?/m0/s1. The van der Waals surface area contributed by atoms with E-state index >= 15 is 0 Å². The van der Waals surface area contributed by atoms with Gasteiger partial charge in [0.1, 0.15) is 23.4 Å². The SMILES string of the molecule is COc1ccc(C2C[C@H](O)c3ccc(F)cc3O2)cc1Br. The molecule has 0 radical (unpaired) electrons. The Labute approximate surface area is 130 Å². The molecule has 0 saturated heterocycles. The smallest absolute Gasteiger partial charge is 0.133 e. The van der Waals surface area contributed by atoms with Crippen molar-refractivity contribution in [1.29, 1.82) is 0 Å². The van der Waals surface area contributed by atoms with Crippen molar-refractivity contribution in [1.82, 2.24) is 0 Å². The molecule has 0 fully saturated rings. The number of benzene rings is 2. The van der Waals surface area contributed by atoms with Gasteiger partial charge in [0, 0.05) is 18.1 Å². The normalized spacial score (nSPS) is 20.6. The van der Waals surface area contributed by atoms with E-state index < -0.39 is 6.10 Å². The van der Waals surface area contributed by atoms with Crippen LogP contribution in [0.2, 0.25) is 0 Å². The molecule has 2 atom stereocenters. The third-order valence-electron chi connectivity index (χ3n) is 3.59. The summed E-state index contributed by atoms with van der Waals surface area (Å²) in [6, 6.07) is 9.80. The van der Waals surface area contributed by atoms with Crippen LogP contribution >= 0.6 is 15.9 Å². The zero-order valence-corrected chi connectivity index (χ0v) is 12.9. The Hall–Kier alpha value is -1.59. The van der Waals surface area contributed by atoms with Gasteiger partial charge in [0.2, 0.25) is 0 Å². The largest absolute Gasteiger partial charge is 0.496 e. The molecule has 0 spiro atoms. The maximum Gasteiger partial charge on any atom is 0.133 e. The number of hydrogen-bond acceptors (Lipinski definition) is 3. The summed E-state index contributed by atoms with van der Waals surface area (Å²) in [7, 11) is 1.60. The van der Waals surface area contributed by atoms with Crippen LogP contribution in [0.1, 0.15) is 29.8 Å². The summed E-state index contributed by atoms with van der Waals surface area (Å²) >= 11 is 3.43. The van der Waals surface area contributed by atoms with E-state index in [4.69, 9.17) is 9.47 Å². The summed E-state index contributed by atoms with van der Waals surface area (Å²) in [5.74, 6) is 0.741. The highest BCUT2D eigenvalue weighted by Crippen LogP contribution is 2.42. The number of methoxy groups -OCH3 is 1. The topological polar surface area (TPSA) is 38.7 Å². The van der Waals surface area contributed by atoms with E-state index in [0.29, 0.717) is 17.7 Å². The van der Waals surface area contributed by atoms with Gasteiger partial charge in [0.15, 0.2) is 0 Å². The van der Waals surface area contributed by atoms with Gasteiger partial charge in [-0.3, -0.25) is 0 Å². The lowest BCUT2D eigenvalue weighted by molar-refractivity contribution is 0.0653. The Balaban J connectivity index is 1.93. The lowest BCUT2D eigenvalue weighted by Gasteiger charge is -2.30. The van der Waals surface area contributed by atoms with Crippen LogP contribution in [0.25, 0.3) is 0 Å². The van der Waals surface area contributed by atoms with E-state index in [0.717, 1.165) is 15.8 Å². The first kappa shape index (κ1) is 14.4. The van der Waals surface area contributed by atoms with Crippen molar-refractivity contribution in [2.75, 3.05) is 7.11 Å². The van der Waals surface area contributed by atoms with Crippen molar-refractivity contribution >= 4 is 15.9 Å². The van der Waals surface area contributed by atoms with Gasteiger partial charge in [0.25, 0.3) is 0 Å². The number of halogens is 2. The minimum absolute atomic E-state index is 0.323. The summed E-state index contributed by atoms with van der Waals surface area (Å²) in [6.07, 6.45) is -0.561. The first-order valence-electron chi connectivity index (χ1n) is 6.56. The molecule has 1 aliphatic rings. The average Bonchev–Trinajstić information content (AvgIpc) is 2.46. The molecule has 1 aliphatic heterocycles. The van der Waals surface area contributed by atoms with E-state index in [9.17, 15) is 9.50 Å². The summed E-state index contributed by atoms with van der Waals surface area (Å²) in [6.45, 7) is 0. The highest BCUT2D eigenvalue weighted by atomic mass is 79.9. The molecule has 0 amide bonds. The molecule has 0 bridgehead atoms. The molecule has 5 heteroatoms. The molecule has 21 heavy (non-hydrogen) atoms. The van der Waals surface area contributed by atoms with Crippen LogP contribution in [0.4, 0.5) is 4.39 Å². The fourth-order valence-corrected chi connectivity index (χ4v) is 3.06.